The standard InChI is InChI=1S/C6H11N3S/c1-2-3-9-4-7-6(10)8-5-9/h2H,1,3-5H2,(H2,7,8,10). The van der Waals surface area contributed by atoms with E-state index in [0.29, 0.717) is 0 Å². The zero-order valence-electron chi connectivity index (χ0n) is 5.76. The highest BCUT2D eigenvalue weighted by molar-refractivity contribution is 7.80. The van der Waals surface area contributed by atoms with Gasteiger partial charge < -0.3 is 10.6 Å². The second-order valence-corrected chi connectivity index (χ2v) is 2.55. The van der Waals surface area contributed by atoms with Crippen LogP contribution in [-0.2, 0) is 0 Å². The molecular weight excluding hydrogens is 146 g/mol. The molecule has 0 aromatic carbocycles. The molecule has 0 aliphatic carbocycles. The number of nitrogens with zero attached hydrogens (tertiary/aromatic N) is 1. The minimum absolute atomic E-state index is 0.736. The van der Waals surface area contributed by atoms with Crippen LogP contribution in [0.3, 0.4) is 0 Å². The Morgan fingerprint density at radius 1 is 1.60 bits per heavy atom. The number of rotatable bonds is 2. The lowest BCUT2D eigenvalue weighted by atomic mass is 10.5. The van der Waals surface area contributed by atoms with Crippen LogP contribution in [0.5, 0.6) is 0 Å². The molecule has 0 amide bonds. The van der Waals surface area contributed by atoms with Crippen molar-refractivity contribution in [2.45, 2.75) is 0 Å². The van der Waals surface area contributed by atoms with E-state index in [-0.39, 0.29) is 0 Å². The van der Waals surface area contributed by atoms with Crippen molar-refractivity contribution in [1.82, 2.24) is 15.5 Å². The van der Waals surface area contributed by atoms with Gasteiger partial charge in [-0.25, -0.2) is 0 Å². The van der Waals surface area contributed by atoms with Gasteiger partial charge in [0.25, 0.3) is 0 Å². The number of nitrogens with one attached hydrogen (secondary N) is 2. The maximum Gasteiger partial charge on any atom is 0.168 e. The van der Waals surface area contributed by atoms with Gasteiger partial charge in [0.15, 0.2) is 5.11 Å². The topological polar surface area (TPSA) is 27.3 Å². The van der Waals surface area contributed by atoms with Gasteiger partial charge in [0.1, 0.15) is 0 Å². The molecular formula is C6H11N3S. The van der Waals surface area contributed by atoms with Crippen molar-refractivity contribution in [2.24, 2.45) is 0 Å². The second-order valence-electron chi connectivity index (χ2n) is 2.14. The van der Waals surface area contributed by atoms with E-state index in [0.717, 1.165) is 25.0 Å². The summed E-state index contributed by atoms with van der Waals surface area (Å²) in [5, 5.41) is 6.77. The monoisotopic (exact) mass is 157 g/mol. The minimum Gasteiger partial charge on any atom is -0.350 e. The average molecular weight is 157 g/mol. The van der Waals surface area contributed by atoms with Crippen LogP contribution in [0, 0.1) is 0 Å². The highest BCUT2D eigenvalue weighted by Gasteiger charge is 2.08. The largest absolute Gasteiger partial charge is 0.350 e. The van der Waals surface area contributed by atoms with Gasteiger partial charge in [-0.2, -0.15) is 0 Å². The first kappa shape index (κ1) is 7.50. The number of hydrogen-bond acceptors (Lipinski definition) is 2. The Morgan fingerprint density at radius 3 is 2.70 bits per heavy atom. The van der Waals surface area contributed by atoms with Gasteiger partial charge in [-0.15, -0.1) is 6.58 Å². The molecule has 1 aliphatic heterocycles. The summed E-state index contributed by atoms with van der Waals surface area (Å²) in [4.78, 5) is 2.16. The molecule has 0 atom stereocenters. The summed E-state index contributed by atoms with van der Waals surface area (Å²) in [6.45, 7) is 6.17. The van der Waals surface area contributed by atoms with Crippen LogP contribution in [0.2, 0.25) is 0 Å². The van der Waals surface area contributed by atoms with E-state index in [4.69, 9.17) is 12.2 Å². The molecule has 3 nitrogen and oxygen atoms in total. The molecule has 1 rings (SSSR count). The summed E-state index contributed by atoms with van der Waals surface area (Å²) in [5.74, 6) is 0. The van der Waals surface area contributed by atoms with Crippen molar-refractivity contribution in [3.05, 3.63) is 12.7 Å². The normalized spacial score (nSPS) is 19.4. The van der Waals surface area contributed by atoms with Gasteiger partial charge in [0.05, 0.1) is 13.3 Å². The summed E-state index contributed by atoms with van der Waals surface area (Å²) in [7, 11) is 0. The third-order valence-electron chi connectivity index (χ3n) is 1.31. The highest BCUT2D eigenvalue weighted by atomic mass is 32.1. The van der Waals surface area contributed by atoms with Gasteiger partial charge in [-0.1, -0.05) is 6.08 Å². The Kier molecular flexibility index (Phi) is 2.65. The van der Waals surface area contributed by atoms with Crippen LogP contribution in [0.1, 0.15) is 0 Å². The lowest BCUT2D eigenvalue weighted by molar-refractivity contribution is 0.270. The van der Waals surface area contributed by atoms with E-state index < -0.39 is 0 Å². The molecule has 0 radical (unpaired) electrons. The van der Waals surface area contributed by atoms with Gasteiger partial charge in [-0.3, -0.25) is 4.90 Å². The third-order valence-corrected chi connectivity index (χ3v) is 1.60. The molecule has 0 spiro atoms. The Morgan fingerprint density at radius 2 is 2.20 bits per heavy atom. The molecule has 1 heterocycles. The van der Waals surface area contributed by atoms with Crippen LogP contribution < -0.4 is 10.6 Å². The van der Waals surface area contributed by atoms with Crippen LogP contribution in [-0.4, -0.2) is 29.9 Å². The molecule has 4 heteroatoms. The van der Waals surface area contributed by atoms with E-state index in [1.807, 2.05) is 6.08 Å². The van der Waals surface area contributed by atoms with Crippen LogP contribution >= 0.6 is 12.2 Å². The predicted octanol–water partition coefficient (Wildman–Crippen LogP) is -0.133. The first-order valence-electron chi connectivity index (χ1n) is 3.18. The van der Waals surface area contributed by atoms with Crippen molar-refractivity contribution < 1.29 is 0 Å². The highest BCUT2D eigenvalue weighted by Crippen LogP contribution is 1.87. The fraction of sp³-hybridized carbons (Fsp3) is 0.500. The zero-order chi connectivity index (χ0) is 7.40. The molecule has 1 fully saturated rings. The molecule has 0 saturated carbocycles. The zero-order valence-corrected chi connectivity index (χ0v) is 6.58. The van der Waals surface area contributed by atoms with Crippen LogP contribution in [0.4, 0.5) is 0 Å². The molecule has 1 aliphatic rings. The maximum atomic E-state index is 4.87. The van der Waals surface area contributed by atoms with Crippen molar-refractivity contribution in [2.75, 3.05) is 19.9 Å². The summed E-state index contributed by atoms with van der Waals surface area (Å²) >= 11 is 4.87. The van der Waals surface area contributed by atoms with Crippen molar-refractivity contribution in [3.8, 4) is 0 Å². The van der Waals surface area contributed by atoms with Gasteiger partial charge in [0.2, 0.25) is 0 Å². The van der Waals surface area contributed by atoms with E-state index in [1.165, 1.54) is 0 Å². The first-order chi connectivity index (χ1) is 4.83. The van der Waals surface area contributed by atoms with Gasteiger partial charge in [-0.05, 0) is 12.2 Å². The minimum atomic E-state index is 0.736. The summed E-state index contributed by atoms with van der Waals surface area (Å²) in [6, 6.07) is 0. The molecule has 0 aromatic rings. The third kappa shape index (κ3) is 1.97. The van der Waals surface area contributed by atoms with E-state index in [1.54, 1.807) is 0 Å². The van der Waals surface area contributed by atoms with E-state index in [9.17, 15) is 0 Å². The lowest BCUT2D eigenvalue weighted by Crippen LogP contribution is -2.53. The smallest absolute Gasteiger partial charge is 0.168 e. The molecule has 0 unspecified atom stereocenters. The average Bonchev–Trinajstić information content (AvgIpc) is 1.95. The van der Waals surface area contributed by atoms with Crippen molar-refractivity contribution in [3.63, 3.8) is 0 Å². The van der Waals surface area contributed by atoms with Gasteiger partial charge >= 0.3 is 0 Å². The summed E-state index contributed by atoms with van der Waals surface area (Å²) in [5.41, 5.74) is 0. The molecule has 56 valence electrons. The lowest BCUT2D eigenvalue weighted by Gasteiger charge is -2.28. The molecule has 0 bridgehead atoms. The van der Waals surface area contributed by atoms with E-state index >= 15 is 0 Å². The first-order valence-corrected chi connectivity index (χ1v) is 3.58. The second kappa shape index (κ2) is 3.53. The van der Waals surface area contributed by atoms with Crippen LogP contribution in [0.25, 0.3) is 0 Å². The fourth-order valence-electron chi connectivity index (χ4n) is 0.797. The SMILES string of the molecule is C=CCN1CNC(=S)NC1. The maximum absolute atomic E-state index is 4.87. The molecule has 0 aromatic heterocycles. The Bertz CT molecular complexity index is 136. The molecule has 2 N–H and O–H groups in total. The van der Waals surface area contributed by atoms with E-state index in [2.05, 4.69) is 22.1 Å². The quantitative estimate of drug-likeness (QED) is 0.431. The number of hydrogen-bond donors (Lipinski definition) is 2. The predicted molar refractivity (Wildman–Crippen MR) is 45.5 cm³/mol. The van der Waals surface area contributed by atoms with Crippen molar-refractivity contribution in [1.29, 1.82) is 0 Å². The van der Waals surface area contributed by atoms with Crippen LogP contribution in [0.15, 0.2) is 12.7 Å². The Labute approximate surface area is 66.1 Å². The van der Waals surface area contributed by atoms with Gasteiger partial charge in [0, 0.05) is 6.54 Å². The molecule has 10 heavy (non-hydrogen) atoms. The summed E-state index contributed by atoms with van der Waals surface area (Å²) in [6.07, 6.45) is 1.87. The number of thiocarbonyl (C=S) groups is 1. The molecule has 1 saturated heterocycles. The van der Waals surface area contributed by atoms with Crippen molar-refractivity contribution >= 4 is 17.3 Å². The Hall–Kier alpha value is -0.610. The summed E-state index contributed by atoms with van der Waals surface area (Å²) < 4.78 is 0. The fourth-order valence-corrected chi connectivity index (χ4v) is 0.926. The Balaban J connectivity index is 2.25.